The molecule has 0 amide bonds. The number of aliphatic hydroxyl groups is 1. The molecule has 0 saturated carbocycles. The van der Waals surface area contributed by atoms with Crippen LogP contribution < -0.4 is 0 Å². The summed E-state index contributed by atoms with van der Waals surface area (Å²) in [5.74, 6) is 2.48. The number of hydrogen-bond donors (Lipinski definition) is 1. The summed E-state index contributed by atoms with van der Waals surface area (Å²) in [5, 5.41) is 13.2. The monoisotopic (exact) mass is 394 g/mol. The molecule has 1 saturated heterocycles. The first kappa shape index (κ1) is 19.9. The number of piperidine rings is 1. The van der Waals surface area contributed by atoms with Crippen molar-refractivity contribution in [1.29, 1.82) is 0 Å². The minimum absolute atomic E-state index is 0.285. The molecule has 3 heterocycles. The van der Waals surface area contributed by atoms with Gasteiger partial charge in [0.25, 0.3) is 0 Å². The Kier molecular flexibility index (Phi) is 6.42. The summed E-state index contributed by atoms with van der Waals surface area (Å²) in [6.45, 7) is 6.31. The van der Waals surface area contributed by atoms with Crippen LogP contribution in [-0.4, -0.2) is 51.0 Å². The SMILES string of the molecule is CCc1nccn1Cc1cc(-c2ccc(C3CCN(CCCO)CC3)cc2)on1. The highest BCUT2D eigenvalue weighted by Gasteiger charge is 2.20. The molecule has 1 aromatic carbocycles. The number of aromatic nitrogens is 3. The van der Waals surface area contributed by atoms with Crippen molar-refractivity contribution >= 4 is 0 Å². The molecule has 0 radical (unpaired) electrons. The summed E-state index contributed by atoms with van der Waals surface area (Å²) >= 11 is 0. The molecule has 1 aliphatic heterocycles. The molecule has 1 fully saturated rings. The normalized spacial score (nSPS) is 15.8. The van der Waals surface area contributed by atoms with Crippen LogP contribution in [0.25, 0.3) is 11.3 Å². The molecule has 1 N–H and O–H groups in total. The lowest BCUT2D eigenvalue weighted by molar-refractivity contribution is 0.187. The van der Waals surface area contributed by atoms with E-state index in [1.165, 1.54) is 18.4 Å². The number of benzene rings is 1. The van der Waals surface area contributed by atoms with Gasteiger partial charge in [0.1, 0.15) is 11.5 Å². The van der Waals surface area contributed by atoms with Crippen LogP contribution in [-0.2, 0) is 13.0 Å². The number of nitrogens with zero attached hydrogens (tertiary/aromatic N) is 4. The van der Waals surface area contributed by atoms with E-state index in [-0.39, 0.29) is 6.61 Å². The van der Waals surface area contributed by atoms with Crippen molar-refractivity contribution < 1.29 is 9.63 Å². The fraction of sp³-hybridized carbons (Fsp3) is 0.478. The molecule has 154 valence electrons. The van der Waals surface area contributed by atoms with Crippen LogP contribution in [0.4, 0.5) is 0 Å². The Hall–Kier alpha value is -2.44. The molecule has 0 spiro atoms. The van der Waals surface area contributed by atoms with E-state index in [0.29, 0.717) is 12.5 Å². The molecule has 1 aliphatic rings. The van der Waals surface area contributed by atoms with E-state index >= 15 is 0 Å². The van der Waals surface area contributed by atoms with Gasteiger partial charge >= 0.3 is 0 Å². The van der Waals surface area contributed by atoms with E-state index in [4.69, 9.17) is 9.63 Å². The molecule has 6 heteroatoms. The molecule has 2 aromatic heterocycles. The fourth-order valence-corrected chi connectivity index (χ4v) is 4.20. The fourth-order valence-electron chi connectivity index (χ4n) is 4.20. The van der Waals surface area contributed by atoms with Crippen LogP contribution in [0.5, 0.6) is 0 Å². The number of hydrogen-bond acceptors (Lipinski definition) is 5. The lowest BCUT2D eigenvalue weighted by Gasteiger charge is -2.32. The number of likely N-dealkylation sites (tertiary alicyclic amines) is 1. The summed E-state index contributed by atoms with van der Waals surface area (Å²) in [4.78, 5) is 6.82. The second kappa shape index (κ2) is 9.37. The quantitative estimate of drug-likeness (QED) is 0.631. The van der Waals surface area contributed by atoms with E-state index in [0.717, 1.165) is 55.3 Å². The largest absolute Gasteiger partial charge is 0.396 e. The van der Waals surface area contributed by atoms with Crippen molar-refractivity contribution in [3.63, 3.8) is 0 Å². The Bertz CT molecular complexity index is 892. The number of aliphatic hydroxyl groups excluding tert-OH is 1. The zero-order valence-electron chi connectivity index (χ0n) is 17.1. The topological polar surface area (TPSA) is 67.3 Å². The van der Waals surface area contributed by atoms with E-state index in [1.54, 1.807) is 0 Å². The molecule has 3 aromatic rings. The van der Waals surface area contributed by atoms with Gasteiger partial charge in [-0.25, -0.2) is 4.98 Å². The zero-order chi connectivity index (χ0) is 20.1. The Balaban J connectivity index is 1.37. The summed E-state index contributed by atoms with van der Waals surface area (Å²) in [7, 11) is 0. The van der Waals surface area contributed by atoms with E-state index in [2.05, 4.69) is 50.8 Å². The summed E-state index contributed by atoms with van der Waals surface area (Å²) in [6, 6.07) is 10.8. The van der Waals surface area contributed by atoms with Gasteiger partial charge in [0, 0.05) is 43.6 Å². The third-order valence-electron chi connectivity index (χ3n) is 5.90. The summed E-state index contributed by atoms with van der Waals surface area (Å²) < 4.78 is 7.71. The molecule has 0 aliphatic carbocycles. The van der Waals surface area contributed by atoms with Gasteiger partial charge in [0.05, 0.1) is 6.54 Å². The summed E-state index contributed by atoms with van der Waals surface area (Å²) in [6.07, 6.45) is 7.95. The van der Waals surface area contributed by atoms with Crippen LogP contribution in [0.3, 0.4) is 0 Å². The van der Waals surface area contributed by atoms with Gasteiger partial charge in [0.2, 0.25) is 0 Å². The number of aryl methyl sites for hydroxylation is 1. The van der Waals surface area contributed by atoms with Crippen LogP contribution in [0.1, 0.15) is 49.2 Å². The van der Waals surface area contributed by atoms with Gasteiger partial charge in [-0.05, 0) is 43.8 Å². The van der Waals surface area contributed by atoms with Crippen LogP contribution in [0.2, 0.25) is 0 Å². The molecule has 0 unspecified atom stereocenters. The average Bonchev–Trinajstić information content (AvgIpc) is 3.42. The average molecular weight is 395 g/mol. The third kappa shape index (κ3) is 4.77. The zero-order valence-corrected chi connectivity index (χ0v) is 17.1. The Morgan fingerprint density at radius 1 is 1.17 bits per heavy atom. The Morgan fingerprint density at radius 2 is 1.97 bits per heavy atom. The van der Waals surface area contributed by atoms with E-state index < -0.39 is 0 Å². The van der Waals surface area contributed by atoms with Crippen LogP contribution in [0.15, 0.2) is 47.2 Å². The third-order valence-corrected chi connectivity index (χ3v) is 5.90. The van der Waals surface area contributed by atoms with Crippen molar-refractivity contribution in [3.05, 3.63) is 59.8 Å². The smallest absolute Gasteiger partial charge is 0.167 e. The molecular formula is C23H30N4O2. The van der Waals surface area contributed by atoms with Gasteiger partial charge in [-0.15, -0.1) is 0 Å². The second-order valence-electron chi connectivity index (χ2n) is 7.82. The molecule has 0 bridgehead atoms. The highest BCUT2D eigenvalue weighted by Crippen LogP contribution is 2.30. The minimum atomic E-state index is 0.285. The number of imidazole rings is 1. The Morgan fingerprint density at radius 3 is 2.69 bits per heavy atom. The molecule has 29 heavy (non-hydrogen) atoms. The lowest BCUT2D eigenvalue weighted by atomic mass is 9.89. The van der Waals surface area contributed by atoms with Gasteiger partial charge < -0.3 is 19.1 Å². The second-order valence-corrected chi connectivity index (χ2v) is 7.82. The van der Waals surface area contributed by atoms with Gasteiger partial charge in [-0.1, -0.05) is 36.3 Å². The molecular weight excluding hydrogens is 364 g/mol. The molecule has 6 nitrogen and oxygen atoms in total. The maximum absolute atomic E-state index is 8.99. The molecule has 4 rings (SSSR count). The van der Waals surface area contributed by atoms with Crippen molar-refractivity contribution in [2.24, 2.45) is 0 Å². The van der Waals surface area contributed by atoms with Crippen molar-refractivity contribution in [2.75, 3.05) is 26.2 Å². The first-order valence-electron chi connectivity index (χ1n) is 10.7. The first-order chi connectivity index (χ1) is 14.3. The van der Waals surface area contributed by atoms with Gasteiger partial charge in [-0.2, -0.15) is 0 Å². The van der Waals surface area contributed by atoms with Gasteiger partial charge in [-0.3, -0.25) is 0 Å². The maximum Gasteiger partial charge on any atom is 0.167 e. The highest BCUT2D eigenvalue weighted by atomic mass is 16.5. The first-order valence-corrected chi connectivity index (χ1v) is 10.7. The van der Waals surface area contributed by atoms with Crippen molar-refractivity contribution in [2.45, 2.75) is 45.1 Å². The van der Waals surface area contributed by atoms with E-state index in [9.17, 15) is 0 Å². The maximum atomic E-state index is 8.99. The highest BCUT2D eigenvalue weighted by molar-refractivity contribution is 5.58. The predicted molar refractivity (Wildman–Crippen MR) is 113 cm³/mol. The minimum Gasteiger partial charge on any atom is -0.396 e. The van der Waals surface area contributed by atoms with Crippen LogP contribution >= 0.6 is 0 Å². The van der Waals surface area contributed by atoms with Crippen LogP contribution in [0, 0.1) is 0 Å². The standard InChI is InChI=1S/C23H30N4O2/c1-2-23-24-10-14-27(23)17-21-16-22(29-25-21)20-6-4-18(5-7-20)19-8-12-26(13-9-19)11-3-15-28/h4-7,10,14,16,19,28H,2-3,8-9,11-13,15,17H2,1H3. The van der Waals surface area contributed by atoms with E-state index in [1.807, 2.05) is 18.5 Å². The van der Waals surface area contributed by atoms with Gasteiger partial charge in [0.15, 0.2) is 5.76 Å². The Labute approximate surface area is 172 Å². The van der Waals surface area contributed by atoms with Crippen molar-refractivity contribution in [3.8, 4) is 11.3 Å². The summed E-state index contributed by atoms with van der Waals surface area (Å²) in [5.41, 5.74) is 3.38. The number of rotatable bonds is 8. The predicted octanol–water partition coefficient (Wildman–Crippen LogP) is 3.71. The molecule has 0 atom stereocenters. The van der Waals surface area contributed by atoms with Crippen molar-refractivity contribution in [1.82, 2.24) is 19.6 Å². The lowest BCUT2D eigenvalue weighted by Crippen LogP contribution is -2.34.